The number of thioether (sulfide) groups is 1. The van der Waals surface area contributed by atoms with Crippen LogP contribution in [0.5, 0.6) is 0 Å². The smallest absolute Gasteiger partial charge is 0.305 e. The van der Waals surface area contributed by atoms with E-state index in [0.717, 1.165) is 5.56 Å². The third kappa shape index (κ3) is 8.05. The fraction of sp³-hybridized carbons (Fsp3) is 0.500. The number of aliphatic hydroxyl groups is 1. The van der Waals surface area contributed by atoms with Crippen LogP contribution in [0.25, 0.3) is 0 Å². The third-order valence-corrected chi connectivity index (χ3v) is 3.90. The molecule has 0 aliphatic rings. The van der Waals surface area contributed by atoms with Crippen molar-refractivity contribution in [3.05, 3.63) is 35.9 Å². The van der Waals surface area contributed by atoms with Crippen molar-refractivity contribution in [2.45, 2.75) is 25.9 Å². The lowest BCUT2D eigenvalue weighted by Crippen LogP contribution is -2.27. The van der Waals surface area contributed by atoms with Crippen LogP contribution in [-0.2, 0) is 14.3 Å². The summed E-state index contributed by atoms with van der Waals surface area (Å²) in [6.45, 7) is 2.60. The van der Waals surface area contributed by atoms with Gasteiger partial charge in [-0.15, -0.1) is 11.8 Å². The number of nitrogens with one attached hydrogen (secondary N) is 1. The molecule has 0 saturated heterocycles. The average molecular weight is 325 g/mol. The molecule has 0 radical (unpaired) electrons. The van der Waals surface area contributed by atoms with Gasteiger partial charge in [-0.25, -0.2) is 0 Å². The minimum absolute atomic E-state index is 0.0888. The van der Waals surface area contributed by atoms with E-state index >= 15 is 0 Å². The van der Waals surface area contributed by atoms with Crippen molar-refractivity contribution < 1.29 is 19.4 Å². The first-order valence-electron chi connectivity index (χ1n) is 7.36. The number of ether oxygens (including phenoxy) is 1. The van der Waals surface area contributed by atoms with Gasteiger partial charge in [0.1, 0.15) is 0 Å². The Morgan fingerprint density at radius 3 is 2.73 bits per heavy atom. The third-order valence-electron chi connectivity index (χ3n) is 2.88. The van der Waals surface area contributed by atoms with Gasteiger partial charge in [0, 0.05) is 18.7 Å². The molecule has 5 nitrogen and oxygen atoms in total. The zero-order valence-electron chi connectivity index (χ0n) is 12.8. The zero-order valence-corrected chi connectivity index (χ0v) is 13.6. The maximum absolute atomic E-state index is 11.6. The van der Waals surface area contributed by atoms with Crippen molar-refractivity contribution in [3.8, 4) is 0 Å². The molecule has 1 amide bonds. The fourth-order valence-corrected chi connectivity index (χ4v) is 2.60. The van der Waals surface area contributed by atoms with Crippen LogP contribution < -0.4 is 5.32 Å². The first kappa shape index (κ1) is 18.5. The van der Waals surface area contributed by atoms with Crippen LogP contribution in [0.2, 0.25) is 0 Å². The molecule has 0 saturated carbocycles. The normalized spacial score (nSPS) is 11.7. The van der Waals surface area contributed by atoms with Gasteiger partial charge < -0.3 is 15.2 Å². The summed E-state index contributed by atoms with van der Waals surface area (Å²) in [6, 6.07) is 9.37. The molecule has 0 bridgehead atoms. The Morgan fingerprint density at radius 2 is 2.05 bits per heavy atom. The van der Waals surface area contributed by atoms with E-state index in [9.17, 15) is 14.7 Å². The molecule has 1 atom stereocenters. The van der Waals surface area contributed by atoms with E-state index in [1.54, 1.807) is 6.92 Å². The Hall–Kier alpha value is -1.53. The van der Waals surface area contributed by atoms with Gasteiger partial charge in [-0.1, -0.05) is 30.3 Å². The zero-order chi connectivity index (χ0) is 16.2. The second-order valence-corrected chi connectivity index (χ2v) is 5.73. The minimum Gasteiger partial charge on any atom is -0.466 e. The van der Waals surface area contributed by atoms with E-state index < -0.39 is 6.10 Å². The fourth-order valence-electron chi connectivity index (χ4n) is 1.78. The van der Waals surface area contributed by atoms with Crippen molar-refractivity contribution in [1.29, 1.82) is 0 Å². The molecule has 1 unspecified atom stereocenters. The second kappa shape index (κ2) is 11.1. The number of rotatable bonds is 10. The standard InChI is InChI=1S/C16H23NO4S/c1-2-21-16(20)9-6-10-17-15(19)12-22-11-14(18)13-7-4-3-5-8-13/h3-5,7-8,14,18H,2,6,9-12H2,1H3,(H,17,19). The maximum Gasteiger partial charge on any atom is 0.305 e. The van der Waals surface area contributed by atoms with Gasteiger partial charge >= 0.3 is 5.97 Å². The van der Waals surface area contributed by atoms with Crippen LogP contribution in [-0.4, -0.2) is 41.6 Å². The number of hydrogen-bond donors (Lipinski definition) is 2. The molecule has 0 spiro atoms. The molecule has 6 heteroatoms. The average Bonchev–Trinajstić information content (AvgIpc) is 2.52. The Labute approximate surface area is 135 Å². The van der Waals surface area contributed by atoms with E-state index in [2.05, 4.69) is 5.32 Å². The maximum atomic E-state index is 11.6. The molecule has 0 aliphatic carbocycles. The molecule has 22 heavy (non-hydrogen) atoms. The molecular formula is C16H23NO4S. The minimum atomic E-state index is -0.567. The lowest BCUT2D eigenvalue weighted by atomic mass is 10.1. The second-order valence-electron chi connectivity index (χ2n) is 4.70. The highest BCUT2D eigenvalue weighted by atomic mass is 32.2. The van der Waals surface area contributed by atoms with E-state index in [4.69, 9.17) is 4.74 Å². The molecule has 0 fully saturated rings. The summed E-state index contributed by atoms with van der Waals surface area (Å²) >= 11 is 1.38. The lowest BCUT2D eigenvalue weighted by Gasteiger charge is -2.10. The molecule has 2 N–H and O–H groups in total. The van der Waals surface area contributed by atoms with E-state index in [0.29, 0.717) is 37.5 Å². The Balaban J connectivity index is 2.07. The molecule has 0 aromatic heterocycles. The number of esters is 1. The van der Waals surface area contributed by atoms with E-state index in [1.165, 1.54) is 11.8 Å². The SMILES string of the molecule is CCOC(=O)CCCNC(=O)CSCC(O)c1ccccc1. The molecule has 122 valence electrons. The van der Waals surface area contributed by atoms with Crippen molar-refractivity contribution >= 4 is 23.6 Å². The summed E-state index contributed by atoms with van der Waals surface area (Å²) < 4.78 is 4.80. The summed E-state index contributed by atoms with van der Waals surface area (Å²) in [5.41, 5.74) is 0.852. The van der Waals surface area contributed by atoms with Crippen molar-refractivity contribution in [2.75, 3.05) is 24.7 Å². The number of carbonyl (C=O) groups is 2. The van der Waals surface area contributed by atoms with Crippen LogP contribution in [0.3, 0.4) is 0 Å². The number of benzene rings is 1. The molecule has 1 rings (SSSR count). The van der Waals surface area contributed by atoms with Gasteiger partial charge in [0.05, 0.1) is 18.5 Å². The highest BCUT2D eigenvalue weighted by Crippen LogP contribution is 2.17. The van der Waals surface area contributed by atoms with E-state index in [1.807, 2.05) is 30.3 Å². The van der Waals surface area contributed by atoms with Crippen LogP contribution in [0.1, 0.15) is 31.4 Å². The van der Waals surface area contributed by atoms with Gasteiger partial charge in [-0.3, -0.25) is 9.59 Å². The predicted molar refractivity (Wildman–Crippen MR) is 87.6 cm³/mol. The van der Waals surface area contributed by atoms with Crippen LogP contribution in [0, 0.1) is 0 Å². The lowest BCUT2D eigenvalue weighted by molar-refractivity contribution is -0.143. The van der Waals surface area contributed by atoms with Gasteiger partial charge in [-0.2, -0.15) is 0 Å². The van der Waals surface area contributed by atoms with Crippen LogP contribution >= 0.6 is 11.8 Å². The Kier molecular flexibility index (Phi) is 9.34. The predicted octanol–water partition coefficient (Wildman–Crippen LogP) is 1.91. The quantitative estimate of drug-likeness (QED) is 0.508. The highest BCUT2D eigenvalue weighted by molar-refractivity contribution is 7.99. The topological polar surface area (TPSA) is 75.6 Å². The highest BCUT2D eigenvalue weighted by Gasteiger charge is 2.09. The summed E-state index contributed by atoms with van der Waals surface area (Å²) in [7, 11) is 0. The van der Waals surface area contributed by atoms with Crippen LogP contribution in [0.4, 0.5) is 0 Å². The van der Waals surface area contributed by atoms with Crippen LogP contribution in [0.15, 0.2) is 30.3 Å². The Morgan fingerprint density at radius 1 is 1.32 bits per heavy atom. The summed E-state index contributed by atoms with van der Waals surface area (Å²) in [5, 5.41) is 12.7. The van der Waals surface area contributed by atoms with Crippen molar-refractivity contribution in [1.82, 2.24) is 5.32 Å². The number of aliphatic hydroxyl groups excluding tert-OH is 1. The summed E-state index contributed by atoms with van der Waals surface area (Å²) in [4.78, 5) is 22.7. The first-order valence-corrected chi connectivity index (χ1v) is 8.52. The first-order chi connectivity index (χ1) is 10.6. The number of hydrogen-bond acceptors (Lipinski definition) is 5. The molecule has 0 aliphatic heterocycles. The van der Waals surface area contributed by atoms with E-state index in [-0.39, 0.29) is 11.9 Å². The largest absolute Gasteiger partial charge is 0.466 e. The molecule has 1 aromatic rings. The van der Waals surface area contributed by atoms with Gasteiger partial charge in [0.2, 0.25) is 5.91 Å². The molecular weight excluding hydrogens is 302 g/mol. The monoisotopic (exact) mass is 325 g/mol. The van der Waals surface area contributed by atoms with Gasteiger partial charge in [0.25, 0.3) is 0 Å². The van der Waals surface area contributed by atoms with Gasteiger partial charge in [-0.05, 0) is 18.9 Å². The number of amides is 1. The summed E-state index contributed by atoms with van der Waals surface area (Å²) in [6.07, 6.45) is 0.318. The number of carbonyl (C=O) groups excluding carboxylic acids is 2. The molecule has 0 heterocycles. The summed E-state index contributed by atoms with van der Waals surface area (Å²) in [5.74, 6) is 0.440. The van der Waals surface area contributed by atoms with Crippen molar-refractivity contribution in [2.24, 2.45) is 0 Å². The molecule has 1 aromatic carbocycles. The van der Waals surface area contributed by atoms with Gasteiger partial charge in [0.15, 0.2) is 0 Å². The van der Waals surface area contributed by atoms with Crippen molar-refractivity contribution in [3.63, 3.8) is 0 Å². The Bertz CT molecular complexity index is 453.